The first kappa shape index (κ1) is 13.2. The molecule has 1 aromatic carbocycles. The van der Waals surface area contributed by atoms with Crippen molar-refractivity contribution in [2.75, 3.05) is 38.1 Å². The molecule has 1 saturated heterocycles. The minimum absolute atomic E-state index is 0.106. The fourth-order valence-electron chi connectivity index (χ4n) is 2.21. The lowest BCUT2D eigenvalue weighted by atomic mass is 10.1. The normalized spacial score (nSPS) is 17.6. The van der Waals surface area contributed by atoms with Gasteiger partial charge in [0.25, 0.3) is 0 Å². The van der Waals surface area contributed by atoms with E-state index in [0.29, 0.717) is 5.56 Å². The van der Waals surface area contributed by atoms with Crippen LogP contribution in [0.25, 0.3) is 0 Å². The smallest absolute Gasteiger partial charge is 0.135 e. The molecule has 1 aliphatic rings. The molecule has 1 heterocycles. The highest BCUT2D eigenvalue weighted by molar-refractivity contribution is 7.80. The number of hydrogen-bond donors (Lipinski definition) is 1. The second-order valence-corrected chi connectivity index (χ2v) is 5.11. The van der Waals surface area contributed by atoms with Gasteiger partial charge >= 0.3 is 0 Å². The SMILES string of the molecule is CN1CCCN(c2ccc(C(N)=S)c(F)c2)CC1. The fraction of sp³-hybridized carbons (Fsp3) is 0.462. The van der Waals surface area contributed by atoms with E-state index in [9.17, 15) is 4.39 Å². The topological polar surface area (TPSA) is 32.5 Å². The zero-order chi connectivity index (χ0) is 13.1. The molecule has 1 aliphatic heterocycles. The van der Waals surface area contributed by atoms with Crippen LogP contribution in [0.5, 0.6) is 0 Å². The summed E-state index contributed by atoms with van der Waals surface area (Å²) in [5.41, 5.74) is 6.68. The van der Waals surface area contributed by atoms with Gasteiger partial charge in [0.15, 0.2) is 0 Å². The third kappa shape index (κ3) is 2.97. The predicted octanol–water partition coefficient (Wildman–Crippen LogP) is 1.60. The van der Waals surface area contributed by atoms with Crippen LogP contribution in [-0.2, 0) is 0 Å². The van der Waals surface area contributed by atoms with E-state index in [1.807, 2.05) is 6.07 Å². The van der Waals surface area contributed by atoms with Crippen molar-refractivity contribution in [3.05, 3.63) is 29.6 Å². The maximum Gasteiger partial charge on any atom is 0.135 e. The molecule has 0 bridgehead atoms. The summed E-state index contributed by atoms with van der Waals surface area (Å²) in [5, 5.41) is 0. The van der Waals surface area contributed by atoms with E-state index in [0.717, 1.165) is 38.3 Å². The summed E-state index contributed by atoms with van der Waals surface area (Å²) in [6, 6.07) is 5.09. The first-order chi connectivity index (χ1) is 8.58. The van der Waals surface area contributed by atoms with Gasteiger partial charge in [-0.15, -0.1) is 0 Å². The highest BCUT2D eigenvalue weighted by atomic mass is 32.1. The largest absolute Gasteiger partial charge is 0.389 e. The molecular formula is C13H18FN3S. The molecule has 0 aromatic heterocycles. The lowest BCUT2D eigenvalue weighted by molar-refractivity contribution is 0.360. The van der Waals surface area contributed by atoms with Gasteiger partial charge in [-0.2, -0.15) is 0 Å². The maximum atomic E-state index is 13.8. The Bertz CT molecular complexity index is 450. The van der Waals surface area contributed by atoms with Gasteiger partial charge in [0.1, 0.15) is 10.8 Å². The standard InChI is InChI=1S/C13H18FN3S/c1-16-5-2-6-17(8-7-16)10-3-4-11(13(15)18)12(14)9-10/h3-4,9H,2,5-8H2,1H3,(H2,15,18). The van der Waals surface area contributed by atoms with Crippen molar-refractivity contribution in [2.24, 2.45) is 5.73 Å². The second-order valence-electron chi connectivity index (χ2n) is 4.67. The second kappa shape index (κ2) is 5.63. The summed E-state index contributed by atoms with van der Waals surface area (Å²) in [4.78, 5) is 4.60. The molecule has 0 aliphatic carbocycles. The zero-order valence-corrected chi connectivity index (χ0v) is 11.3. The molecule has 1 fully saturated rings. The van der Waals surface area contributed by atoms with Crippen LogP contribution in [-0.4, -0.2) is 43.1 Å². The minimum Gasteiger partial charge on any atom is -0.389 e. The maximum absolute atomic E-state index is 13.8. The molecule has 0 saturated carbocycles. The van der Waals surface area contributed by atoms with E-state index >= 15 is 0 Å². The van der Waals surface area contributed by atoms with Crippen LogP contribution < -0.4 is 10.6 Å². The number of hydrogen-bond acceptors (Lipinski definition) is 3. The highest BCUT2D eigenvalue weighted by Crippen LogP contribution is 2.20. The molecule has 3 nitrogen and oxygen atoms in total. The van der Waals surface area contributed by atoms with Gasteiger partial charge in [0.2, 0.25) is 0 Å². The van der Waals surface area contributed by atoms with Crippen molar-refractivity contribution in [3.63, 3.8) is 0 Å². The lowest BCUT2D eigenvalue weighted by Gasteiger charge is -2.23. The molecule has 2 N–H and O–H groups in total. The van der Waals surface area contributed by atoms with Crippen molar-refractivity contribution in [3.8, 4) is 0 Å². The number of benzene rings is 1. The number of nitrogens with two attached hydrogens (primary N) is 1. The number of halogens is 1. The van der Waals surface area contributed by atoms with Crippen molar-refractivity contribution >= 4 is 22.9 Å². The van der Waals surface area contributed by atoms with Gasteiger partial charge in [-0.05, 0) is 38.2 Å². The molecule has 98 valence electrons. The van der Waals surface area contributed by atoms with Crippen molar-refractivity contribution in [2.45, 2.75) is 6.42 Å². The monoisotopic (exact) mass is 267 g/mol. The number of nitrogens with zero attached hydrogens (tertiary/aromatic N) is 2. The lowest BCUT2D eigenvalue weighted by Crippen LogP contribution is -2.28. The van der Waals surface area contributed by atoms with E-state index in [1.165, 1.54) is 6.07 Å². The van der Waals surface area contributed by atoms with Gasteiger partial charge in [0.05, 0.1) is 0 Å². The number of rotatable bonds is 2. The number of likely N-dealkylation sites (N-methyl/N-ethyl adjacent to an activating group) is 1. The molecule has 18 heavy (non-hydrogen) atoms. The third-order valence-corrected chi connectivity index (χ3v) is 3.52. The summed E-state index contributed by atoms with van der Waals surface area (Å²) in [7, 11) is 2.11. The van der Waals surface area contributed by atoms with Crippen LogP contribution in [0.3, 0.4) is 0 Å². The van der Waals surface area contributed by atoms with Crippen molar-refractivity contribution in [1.29, 1.82) is 0 Å². The number of anilines is 1. The Morgan fingerprint density at radius 3 is 2.72 bits per heavy atom. The average molecular weight is 267 g/mol. The summed E-state index contributed by atoms with van der Waals surface area (Å²) in [6.07, 6.45) is 1.09. The van der Waals surface area contributed by atoms with E-state index in [2.05, 4.69) is 16.8 Å². The Labute approximate surface area is 112 Å². The molecule has 2 rings (SSSR count). The van der Waals surface area contributed by atoms with Gasteiger partial charge < -0.3 is 15.5 Å². The van der Waals surface area contributed by atoms with Crippen LogP contribution in [0.1, 0.15) is 12.0 Å². The molecular weight excluding hydrogens is 249 g/mol. The third-order valence-electron chi connectivity index (χ3n) is 3.30. The Balaban J connectivity index is 2.18. The van der Waals surface area contributed by atoms with Crippen LogP contribution >= 0.6 is 12.2 Å². The molecule has 0 spiro atoms. The van der Waals surface area contributed by atoms with Crippen LogP contribution in [0.4, 0.5) is 10.1 Å². The summed E-state index contributed by atoms with van der Waals surface area (Å²) in [6.45, 7) is 3.96. The molecule has 5 heteroatoms. The molecule has 0 amide bonds. The average Bonchev–Trinajstić information content (AvgIpc) is 2.53. The van der Waals surface area contributed by atoms with Gasteiger partial charge in [-0.3, -0.25) is 0 Å². The van der Waals surface area contributed by atoms with Crippen LogP contribution in [0, 0.1) is 5.82 Å². The fourth-order valence-corrected chi connectivity index (χ4v) is 2.37. The zero-order valence-electron chi connectivity index (χ0n) is 10.5. The Kier molecular flexibility index (Phi) is 4.14. The van der Waals surface area contributed by atoms with E-state index in [-0.39, 0.29) is 10.8 Å². The summed E-state index contributed by atoms with van der Waals surface area (Å²) in [5.74, 6) is -0.336. The Morgan fingerprint density at radius 2 is 2.06 bits per heavy atom. The molecule has 0 atom stereocenters. The van der Waals surface area contributed by atoms with E-state index in [4.69, 9.17) is 18.0 Å². The van der Waals surface area contributed by atoms with E-state index < -0.39 is 0 Å². The summed E-state index contributed by atoms with van der Waals surface area (Å²) >= 11 is 4.80. The predicted molar refractivity (Wildman–Crippen MR) is 76.6 cm³/mol. The van der Waals surface area contributed by atoms with Crippen molar-refractivity contribution < 1.29 is 4.39 Å². The molecule has 1 aromatic rings. The molecule has 0 radical (unpaired) electrons. The van der Waals surface area contributed by atoms with Crippen molar-refractivity contribution in [1.82, 2.24) is 4.90 Å². The van der Waals surface area contributed by atoms with Gasteiger partial charge in [-0.25, -0.2) is 4.39 Å². The van der Waals surface area contributed by atoms with Crippen LogP contribution in [0.15, 0.2) is 18.2 Å². The van der Waals surface area contributed by atoms with Crippen LogP contribution in [0.2, 0.25) is 0 Å². The van der Waals surface area contributed by atoms with Gasteiger partial charge in [-0.1, -0.05) is 12.2 Å². The number of thiocarbonyl (C=S) groups is 1. The highest BCUT2D eigenvalue weighted by Gasteiger charge is 2.14. The molecule has 0 unspecified atom stereocenters. The first-order valence-corrected chi connectivity index (χ1v) is 6.51. The van der Waals surface area contributed by atoms with E-state index in [1.54, 1.807) is 6.07 Å². The summed E-state index contributed by atoms with van der Waals surface area (Å²) < 4.78 is 13.8. The quantitative estimate of drug-likeness (QED) is 0.825. The Hall–Kier alpha value is -1.20. The Morgan fingerprint density at radius 1 is 1.28 bits per heavy atom. The minimum atomic E-state index is -0.336. The van der Waals surface area contributed by atoms with Gasteiger partial charge in [0, 0.05) is 30.9 Å². The first-order valence-electron chi connectivity index (χ1n) is 6.11.